The first-order valence-electron chi connectivity index (χ1n) is 7.41. The van der Waals surface area contributed by atoms with E-state index in [2.05, 4.69) is 14.9 Å². The summed E-state index contributed by atoms with van der Waals surface area (Å²) in [6.07, 6.45) is 0.655. The summed E-state index contributed by atoms with van der Waals surface area (Å²) in [6.45, 7) is 3.10. The number of imidazole rings is 1. The highest BCUT2D eigenvalue weighted by atomic mass is 19.4. The smallest absolute Gasteiger partial charge is 0.354 e. The van der Waals surface area contributed by atoms with Gasteiger partial charge >= 0.3 is 6.18 Å². The average molecular weight is 325 g/mol. The molecule has 2 aromatic heterocycles. The number of anilines is 1. The molecule has 0 aromatic carbocycles. The molecule has 0 radical (unpaired) electrons. The van der Waals surface area contributed by atoms with Gasteiger partial charge in [0.2, 0.25) is 0 Å². The molecule has 0 N–H and O–H groups in total. The molecule has 23 heavy (non-hydrogen) atoms. The van der Waals surface area contributed by atoms with E-state index in [1.54, 1.807) is 11.1 Å². The number of hydrogen-bond acceptors (Lipinski definition) is 4. The molecule has 0 unspecified atom stereocenters. The number of rotatable bonds is 3. The fourth-order valence-electron chi connectivity index (χ4n) is 2.74. The average Bonchev–Trinajstić information content (AvgIpc) is 2.92. The Morgan fingerprint density at radius 2 is 1.83 bits per heavy atom. The second-order valence-electron chi connectivity index (χ2n) is 5.59. The number of aromatic nitrogens is 3. The van der Waals surface area contributed by atoms with Crippen LogP contribution in [0.3, 0.4) is 0 Å². The summed E-state index contributed by atoms with van der Waals surface area (Å²) in [7, 11) is 1.93. The summed E-state index contributed by atoms with van der Waals surface area (Å²) in [4.78, 5) is 12.1. The fraction of sp³-hybridized carbons (Fsp3) is 0.467. The predicted molar refractivity (Wildman–Crippen MR) is 79.9 cm³/mol. The lowest BCUT2D eigenvalue weighted by atomic mass is 10.2. The molecule has 1 aliphatic rings. The first kappa shape index (κ1) is 15.8. The van der Waals surface area contributed by atoms with Crippen molar-refractivity contribution in [2.24, 2.45) is 7.05 Å². The first-order valence-corrected chi connectivity index (χ1v) is 7.41. The Labute approximate surface area is 132 Å². The van der Waals surface area contributed by atoms with Crippen molar-refractivity contribution in [2.75, 3.05) is 31.1 Å². The monoisotopic (exact) mass is 325 g/mol. The SMILES string of the molecule is Cn1ccnc1CN1CCN(c2ncccc2C(F)(F)F)CC1. The lowest BCUT2D eigenvalue weighted by Crippen LogP contribution is -2.47. The number of halogens is 3. The third kappa shape index (κ3) is 3.47. The molecule has 0 bridgehead atoms. The van der Waals surface area contributed by atoms with Crippen molar-refractivity contribution < 1.29 is 13.2 Å². The van der Waals surface area contributed by atoms with E-state index in [0.29, 0.717) is 32.7 Å². The van der Waals surface area contributed by atoms with Crippen LogP contribution in [0, 0.1) is 0 Å². The molecular weight excluding hydrogens is 307 g/mol. The molecule has 1 fully saturated rings. The van der Waals surface area contributed by atoms with E-state index in [0.717, 1.165) is 11.9 Å². The number of nitrogens with zero attached hydrogens (tertiary/aromatic N) is 5. The van der Waals surface area contributed by atoms with E-state index in [-0.39, 0.29) is 5.82 Å². The van der Waals surface area contributed by atoms with Crippen molar-refractivity contribution in [3.8, 4) is 0 Å². The lowest BCUT2D eigenvalue weighted by molar-refractivity contribution is -0.137. The summed E-state index contributed by atoms with van der Waals surface area (Å²) in [6, 6.07) is 2.41. The Bertz CT molecular complexity index is 659. The van der Waals surface area contributed by atoms with Gasteiger partial charge in [-0.3, -0.25) is 4.90 Å². The highest BCUT2D eigenvalue weighted by Crippen LogP contribution is 2.35. The molecule has 1 aliphatic heterocycles. The quantitative estimate of drug-likeness (QED) is 0.867. The largest absolute Gasteiger partial charge is 0.419 e. The molecule has 1 saturated heterocycles. The molecular formula is C15H18F3N5. The van der Waals surface area contributed by atoms with Crippen LogP contribution in [0.4, 0.5) is 19.0 Å². The van der Waals surface area contributed by atoms with Crippen LogP contribution in [0.1, 0.15) is 11.4 Å². The maximum absolute atomic E-state index is 13.1. The van der Waals surface area contributed by atoms with Gasteiger partial charge in [0.05, 0.1) is 12.1 Å². The number of aryl methyl sites for hydroxylation is 1. The maximum atomic E-state index is 13.1. The van der Waals surface area contributed by atoms with Gasteiger partial charge in [0.1, 0.15) is 11.6 Å². The highest BCUT2D eigenvalue weighted by molar-refractivity contribution is 5.48. The van der Waals surface area contributed by atoms with Crippen molar-refractivity contribution in [1.82, 2.24) is 19.4 Å². The van der Waals surface area contributed by atoms with Crippen LogP contribution in [0.15, 0.2) is 30.7 Å². The first-order chi connectivity index (χ1) is 10.9. The van der Waals surface area contributed by atoms with Gasteiger partial charge in [-0.25, -0.2) is 9.97 Å². The summed E-state index contributed by atoms with van der Waals surface area (Å²) in [5.74, 6) is 0.976. The van der Waals surface area contributed by atoms with Crippen molar-refractivity contribution in [2.45, 2.75) is 12.7 Å². The Hall–Kier alpha value is -2.09. The van der Waals surface area contributed by atoms with E-state index >= 15 is 0 Å². The second kappa shape index (κ2) is 6.19. The molecule has 0 spiro atoms. The Kier molecular flexibility index (Phi) is 4.25. The zero-order chi connectivity index (χ0) is 16.4. The van der Waals surface area contributed by atoms with Crippen molar-refractivity contribution in [3.63, 3.8) is 0 Å². The lowest BCUT2D eigenvalue weighted by Gasteiger charge is -2.36. The van der Waals surface area contributed by atoms with Crippen molar-refractivity contribution >= 4 is 5.82 Å². The van der Waals surface area contributed by atoms with E-state index in [4.69, 9.17) is 0 Å². The Morgan fingerprint density at radius 3 is 2.43 bits per heavy atom. The van der Waals surface area contributed by atoms with Gasteiger partial charge in [-0.1, -0.05) is 0 Å². The topological polar surface area (TPSA) is 37.2 Å². The predicted octanol–water partition coefficient (Wildman–Crippen LogP) is 2.16. The van der Waals surface area contributed by atoms with Crippen LogP contribution in [0.5, 0.6) is 0 Å². The van der Waals surface area contributed by atoms with Gasteiger partial charge in [-0.15, -0.1) is 0 Å². The van der Waals surface area contributed by atoms with Crippen LogP contribution < -0.4 is 4.90 Å². The number of piperazine rings is 1. The van der Waals surface area contributed by atoms with Crippen molar-refractivity contribution in [1.29, 1.82) is 0 Å². The minimum absolute atomic E-state index is 0.0247. The number of hydrogen-bond donors (Lipinski definition) is 0. The van der Waals surface area contributed by atoms with Crippen molar-refractivity contribution in [3.05, 3.63) is 42.1 Å². The Balaban J connectivity index is 1.67. The molecule has 3 rings (SSSR count). The second-order valence-corrected chi connectivity index (χ2v) is 5.59. The zero-order valence-corrected chi connectivity index (χ0v) is 12.8. The Morgan fingerprint density at radius 1 is 1.09 bits per heavy atom. The van der Waals surface area contributed by atoms with Crippen LogP contribution >= 0.6 is 0 Å². The minimum Gasteiger partial charge on any atom is -0.354 e. The third-order valence-corrected chi connectivity index (χ3v) is 4.05. The molecule has 3 heterocycles. The van der Waals surface area contributed by atoms with Gasteiger partial charge in [0.15, 0.2) is 0 Å². The van der Waals surface area contributed by atoms with E-state index in [9.17, 15) is 13.2 Å². The molecule has 124 valence electrons. The van der Waals surface area contributed by atoms with Crippen LogP contribution in [0.2, 0.25) is 0 Å². The summed E-state index contributed by atoms with van der Waals surface area (Å²) < 4.78 is 41.2. The summed E-state index contributed by atoms with van der Waals surface area (Å²) in [5, 5.41) is 0. The molecule has 2 aromatic rings. The minimum atomic E-state index is -4.38. The number of alkyl halides is 3. The van der Waals surface area contributed by atoms with Gasteiger partial charge in [0.25, 0.3) is 0 Å². The molecule has 0 saturated carbocycles. The van der Waals surface area contributed by atoms with Crippen LogP contribution in [-0.4, -0.2) is 45.6 Å². The third-order valence-electron chi connectivity index (χ3n) is 4.05. The molecule has 0 aliphatic carbocycles. The van der Waals surface area contributed by atoms with Crippen LogP contribution in [-0.2, 0) is 19.8 Å². The van der Waals surface area contributed by atoms with E-state index in [1.165, 1.54) is 12.3 Å². The summed E-state index contributed by atoms with van der Waals surface area (Å²) in [5.41, 5.74) is -0.669. The zero-order valence-electron chi connectivity index (χ0n) is 12.8. The molecule has 0 atom stereocenters. The molecule has 8 heteroatoms. The van der Waals surface area contributed by atoms with Gasteiger partial charge in [-0.05, 0) is 12.1 Å². The van der Waals surface area contributed by atoms with Gasteiger partial charge in [0, 0.05) is 51.8 Å². The van der Waals surface area contributed by atoms with E-state index in [1.807, 2.05) is 17.8 Å². The molecule has 5 nitrogen and oxygen atoms in total. The van der Waals surface area contributed by atoms with Gasteiger partial charge in [-0.2, -0.15) is 13.2 Å². The van der Waals surface area contributed by atoms with E-state index < -0.39 is 11.7 Å². The van der Waals surface area contributed by atoms with Gasteiger partial charge < -0.3 is 9.47 Å². The number of pyridine rings is 1. The standard InChI is InChI=1S/C15H18F3N5/c1-21-6-5-19-13(21)11-22-7-9-23(10-8-22)14-12(15(16,17)18)3-2-4-20-14/h2-6H,7-11H2,1H3. The summed E-state index contributed by atoms with van der Waals surface area (Å²) >= 11 is 0. The maximum Gasteiger partial charge on any atom is 0.419 e. The van der Waals surface area contributed by atoms with Crippen LogP contribution in [0.25, 0.3) is 0 Å². The molecule has 0 amide bonds. The fourth-order valence-corrected chi connectivity index (χ4v) is 2.74. The highest BCUT2D eigenvalue weighted by Gasteiger charge is 2.36. The normalized spacial score (nSPS) is 16.8.